The van der Waals surface area contributed by atoms with Crippen molar-refractivity contribution in [3.05, 3.63) is 98.2 Å². The fourth-order valence-corrected chi connectivity index (χ4v) is 0.957. The molecule has 0 unspecified atom stereocenters. The van der Waals surface area contributed by atoms with Crippen LogP contribution in [0.15, 0.2) is 98.2 Å². The monoisotopic (exact) mass is 210 g/mol. The predicted molar refractivity (Wildman–Crippen MR) is 75.2 cm³/mol. The first kappa shape index (κ1) is 13.9. The Bertz CT molecular complexity index is 358. The van der Waals surface area contributed by atoms with E-state index in [1.807, 2.05) is 24.3 Å². The Balaban J connectivity index is 4.68. The lowest BCUT2D eigenvalue weighted by Crippen LogP contribution is -1.90. The molecule has 0 radical (unpaired) electrons. The molecule has 0 nitrogen and oxygen atoms in total. The molecule has 0 aliphatic rings. The van der Waals surface area contributed by atoms with Crippen molar-refractivity contribution in [1.82, 2.24) is 0 Å². The van der Waals surface area contributed by atoms with Crippen LogP contribution in [0.5, 0.6) is 0 Å². The van der Waals surface area contributed by atoms with Gasteiger partial charge < -0.3 is 0 Å². The Morgan fingerprint density at radius 1 is 0.625 bits per heavy atom. The molecule has 0 spiro atoms. The molecule has 0 aromatic heterocycles. The third kappa shape index (κ3) is 4.43. The second-order valence-electron chi connectivity index (χ2n) is 3.20. The van der Waals surface area contributed by atoms with Crippen molar-refractivity contribution < 1.29 is 0 Å². The van der Waals surface area contributed by atoms with Gasteiger partial charge in [-0.2, -0.15) is 0 Å². The van der Waals surface area contributed by atoms with Gasteiger partial charge >= 0.3 is 0 Å². The zero-order valence-electron chi connectivity index (χ0n) is 9.71. The lowest BCUT2D eigenvalue weighted by atomic mass is 9.96. The molecule has 0 atom stereocenters. The molecule has 0 amide bonds. The summed E-state index contributed by atoms with van der Waals surface area (Å²) in [7, 11) is 0. The van der Waals surface area contributed by atoms with Gasteiger partial charge in [0.15, 0.2) is 0 Å². The smallest absolute Gasteiger partial charge is 0.0190 e. The molecule has 0 aliphatic heterocycles. The van der Waals surface area contributed by atoms with Gasteiger partial charge in [0.2, 0.25) is 0 Å². The fraction of sp³-hybridized carbons (Fsp3) is 0. The lowest BCUT2D eigenvalue weighted by Gasteiger charge is -2.09. The number of hydrogen-bond donors (Lipinski definition) is 0. The zero-order valence-corrected chi connectivity index (χ0v) is 9.71. The maximum Gasteiger partial charge on any atom is -0.0190 e. The van der Waals surface area contributed by atoms with Gasteiger partial charge in [0, 0.05) is 0 Å². The Labute approximate surface area is 98.7 Å². The van der Waals surface area contributed by atoms with Crippen LogP contribution < -0.4 is 0 Å². The van der Waals surface area contributed by atoms with Crippen molar-refractivity contribution in [2.24, 2.45) is 0 Å². The summed E-state index contributed by atoms with van der Waals surface area (Å²) >= 11 is 0. The van der Waals surface area contributed by atoms with Gasteiger partial charge in [0.25, 0.3) is 0 Å². The second-order valence-corrected chi connectivity index (χ2v) is 3.20. The Morgan fingerprint density at radius 2 is 0.938 bits per heavy atom. The first-order valence-electron chi connectivity index (χ1n) is 4.89. The molecular formula is C16H18. The summed E-state index contributed by atoms with van der Waals surface area (Å²) in [5.41, 5.74) is 3.16. The van der Waals surface area contributed by atoms with Crippen LogP contribution in [-0.4, -0.2) is 0 Å². The standard InChI is InChI=1S/C16H18/c1-7-9-11-13(3)15(5)16(6)14(4)12-10-8-2/h7-12H,1-6H2/b11-9-,12-10-. The highest BCUT2D eigenvalue weighted by Gasteiger charge is 2.03. The quantitative estimate of drug-likeness (QED) is 0.534. The largest absolute Gasteiger partial charge is 0.0991 e. The maximum absolute atomic E-state index is 3.93. The van der Waals surface area contributed by atoms with Crippen molar-refractivity contribution in [2.45, 2.75) is 0 Å². The van der Waals surface area contributed by atoms with Crippen LogP contribution in [0.2, 0.25) is 0 Å². The molecule has 0 aromatic carbocycles. The molecule has 0 N–H and O–H groups in total. The molecule has 0 heteroatoms. The summed E-state index contributed by atoms with van der Waals surface area (Å²) in [6, 6.07) is 0. The molecular weight excluding hydrogens is 192 g/mol. The van der Waals surface area contributed by atoms with Crippen molar-refractivity contribution in [3.63, 3.8) is 0 Å². The SMILES string of the molecule is C=C/C=C\C(=C)C(=C)C(=C)C(=C)/C=C\C=C. The fourth-order valence-electron chi connectivity index (χ4n) is 0.957. The maximum atomic E-state index is 3.93. The molecule has 0 bridgehead atoms. The van der Waals surface area contributed by atoms with E-state index in [-0.39, 0.29) is 0 Å². The van der Waals surface area contributed by atoms with Crippen molar-refractivity contribution in [3.8, 4) is 0 Å². The van der Waals surface area contributed by atoms with Crippen LogP contribution in [0, 0.1) is 0 Å². The molecule has 0 saturated carbocycles. The summed E-state index contributed by atoms with van der Waals surface area (Å²) in [6.45, 7) is 22.8. The van der Waals surface area contributed by atoms with E-state index in [0.29, 0.717) is 0 Å². The number of rotatable bonds is 7. The average molecular weight is 210 g/mol. The van der Waals surface area contributed by atoms with E-state index in [4.69, 9.17) is 0 Å². The molecule has 0 aliphatic carbocycles. The van der Waals surface area contributed by atoms with Crippen molar-refractivity contribution >= 4 is 0 Å². The minimum absolute atomic E-state index is 0.775. The first-order chi connectivity index (χ1) is 7.54. The summed E-state index contributed by atoms with van der Waals surface area (Å²) in [5.74, 6) is 0. The zero-order chi connectivity index (χ0) is 12.6. The van der Waals surface area contributed by atoms with Crippen LogP contribution in [-0.2, 0) is 0 Å². The van der Waals surface area contributed by atoms with Crippen LogP contribution in [0.25, 0.3) is 0 Å². The van der Waals surface area contributed by atoms with E-state index in [1.165, 1.54) is 0 Å². The molecule has 0 aromatic rings. The Kier molecular flexibility index (Phi) is 6.30. The van der Waals surface area contributed by atoms with Crippen molar-refractivity contribution in [2.75, 3.05) is 0 Å². The minimum atomic E-state index is 0.775. The van der Waals surface area contributed by atoms with E-state index < -0.39 is 0 Å². The van der Waals surface area contributed by atoms with Crippen LogP contribution in [0.3, 0.4) is 0 Å². The summed E-state index contributed by atoms with van der Waals surface area (Å²) in [4.78, 5) is 0. The van der Waals surface area contributed by atoms with Gasteiger partial charge in [-0.3, -0.25) is 0 Å². The molecule has 0 rings (SSSR count). The van der Waals surface area contributed by atoms with E-state index in [0.717, 1.165) is 22.3 Å². The second kappa shape index (κ2) is 7.24. The van der Waals surface area contributed by atoms with Gasteiger partial charge in [0.05, 0.1) is 0 Å². The van der Waals surface area contributed by atoms with E-state index >= 15 is 0 Å². The third-order valence-electron chi connectivity index (χ3n) is 2.01. The minimum Gasteiger partial charge on any atom is -0.0991 e. The van der Waals surface area contributed by atoms with Gasteiger partial charge in [-0.15, -0.1) is 0 Å². The Morgan fingerprint density at radius 3 is 1.19 bits per heavy atom. The van der Waals surface area contributed by atoms with Gasteiger partial charge in [-0.1, -0.05) is 75.9 Å². The summed E-state index contributed by atoms with van der Waals surface area (Å²) in [5, 5.41) is 0. The Hall–Kier alpha value is -2.08. The number of hydrogen-bond acceptors (Lipinski definition) is 0. The highest BCUT2D eigenvalue weighted by atomic mass is 14.1. The molecule has 0 saturated heterocycles. The van der Waals surface area contributed by atoms with E-state index in [2.05, 4.69) is 39.5 Å². The number of allylic oxidation sites excluding steroid dienone is 10. The molecule has 16 heavy (non-hydrogen) atoms. The highest BCUT2D eigenvalue weighted by molar-refractivity contribution is 5.58. The van der Waals surface area contributed by atoms with Gasteiger partial charge in [0.1, 0.15) is 0 Å². The topological polar surface area (TPSA) is 0 Å². The first-order valence-corrected chi connectivity index (χ1v) is 4.89. The van der Waals surface area contributed by atoms with Gasteiger partial charge in [-0.25, -0.2) is 0 Å². The van der Waals surface area contributed by atoms with E-state index in [1.54, 1.807) is 12.2 Å². The lowest BCUT2D eigenvalue weighted by molar-refractivity contribution is 1.46. The third-order valence-corrected chi connectivity index (χ3v) is 2.01. The molecule has 0 fully saturated rings. The van der Waals surface area contributed by atoms with Crippen LogP contribution in [0.1, 0.15) is 0 Å². The molecule has 82 valence electrons. The highest BCUT2D eigenvalue weighted by Crippen LogP contribution is 2.22. The van der Waals surface area contributed by atoms with Gasteiger partial charge in [-0.05, 0) is 22.3 Å². The van der Waals surface area contributed by atoms with Crippen molar-refractivity contribution in [1.29, 1.82) is 0 Å². The summed E-state index contributed by atoms with van der Waals surface area (Å²) in [6.07, 6.45) is 10.7. The summed E-state index contributed by atoms with van der Waals surface area (Å²) < 4.78 is 0. The molecule has 0 heterocycles. The average Bonchev–Trinajstić information content (AvgIpc) is 2.30. The van der Waals surface area contributed by atoms with E-state index in [9.17, 15) is 0 Å². The normalized spacial score (nSPS) is 10.2. The van der Waals surface area contributed by atoms with Crippen LogP contribution in [0.4, 0.5) is 0 Å². The van der Waals surface area contributed by atoms with Crippen LogP contribution >= 0.6 is 0 Å². The predicted octanol–water partition coefficient (Wildman–Crippen LogP) is 4.70.